The molecule has 4 nitrogen and oxygen atoms in total. The van der Waals surface area contributed by atoms with E-state index in [-0.39, 0.29) is 10.7 Å². The summed E-state index contributed by atoms with van der Waals surface area (Å²) in [5, 5.41) is 0. The number of nitrogens with zero attached hydrogens (tertiary/aromatic N) is 1. The second-order valence-corrected chi connectivity index (χ2v) is 5.67. The molecule has 0 amide bonds. The Morgan fingerprint density at radius 2 is 2.06 bits per heavy atom. The number of hydrogen-bond donors (Lipinski definition) is 1. The van der Waals surface area contributed by atoms with Crippen LogP contribution in [0.15, 0.2) is 24.3 Å². The number of rotatable bonds is 4. The van der Waals surface area contributed by atoms with E-state index in [1.54, 1.807) is 6.07 Å². The van der Waals surface area contributed by atoms with E-state index in [9.17, 15) is 12.8 Å². The Bertz CT molecular complexity index is 502. The van der Waals surface area contributed by atoms with Crippen LogP contribution in [-0.2, 0) is 10.0 Å². The maximum Gasteiger partial charge on any atom is 0.241 e. The topological polar surface area (TPSA) is 63.4 Å². The van der Waals surface area contributed by atoms with Crippen LogP contribution in [0.1, 0.15) is 0 Å². The Morgan fingerprint density at radius 3 is 2.56 bits per heavy atom. The third-order valence-electron chi connectivity index (χ3n) is 1.93. The standard InChI is InChI=1S/C9H11FN2O2S2/c1-12(16(13,14)6-9(11)15)8-5-3-2-4-7(8)10/h2-5H,6H2,1H3,(H2,11,15). The average molecular weight is 262 g/mol. The molecule has 1 aromatic carbocycles. The molecule has 0 unspecified atom stereocenters. The first kappa shape index (κ1) is 12.9. The summed E-state index contributed by atoms with van der Waals surface area (Å²) in [6, 6.07) is 5.58. The molecule has 7 heteroatoms. The van der Waals surface area contributed by atoms with E-state index in [1.807, 2.05) is 0 Å². The van der Waals surface area contributed by atoms with Crippen molar-refractivity contribution < 1.29 is 12.8 Å². The number of benzene rings is 1. The maximum absolute atomic E-state index is 13.3. The second-order valence-electron chi connectivity index (χ2n) is 3.14. The lowest BCUT2D eigenvalue weighted by Gasteiger charge is -2.19. The molecule has 0 radical (unpaired) electrons. The van der Waals surface area contributed by atoms with Crippen molar-refractivity contribution in [2.75, 3.05) is 17.1 Å². The highest BCUT2D eigenvalue weighted by Gasteiger charge is 2.21. The van der Waals surface area contributed by atoms with Gasteiger partial charge in [-0.05, 0) is 12.1 Å². The monoisotopic (exact) mass is 262 g/mol. The van der Waals surface area contributed by atoms with E-state index < -0.39 is 21.6 Å². The SMILES string of the molecule is CN(c1ccccc1F)S(=O)(=O)CC(N)=S. The molecule has 0 bridgehead atoms. The summed E-state index contributed by atoms with van der Waals surface area (Å²) in [7, 11) is -2.45. The van der Waals surface area contributed by atoms with Gasteiger partial charge in [0.1, 0.15) is 11.6 Å². The van der Waals surface area contributed by atoms with E-state index >= 15 is 0 Å². The van der Waals surface area contributed by atoms with Crippen molar-refractivity contribution in [3.63, 3.8) is 0 Å². The lowest BCUT2D eigenvalue weighted by molar-refractivity contribution is 0.593. The second kappa shape index (κ2) is 4.75. The zero-order valence-corrected chi connectivity index (χ0v) is 10.2. The van der Waals surface area contributed by atoms with Crippen LogP contribution in [0, 0.1) is 5.82 Å². The van der Waals surface area contributed by atoms with Gasteiger partial charge in [-0.3, -0.25) is 4.31 Å². The molecule has 2 N–H and O–H groups in total. The highest BCUT2D eigenvalue weighted by Crippen LogP contribution is 2.19. The molecule has 0 aliphatic heterocycles. The third-order valence-corrected chi connectivity index (χ3v) is 3.97. The fraction of sp³-hybridized carbons (Fsp3) is 0.222. The fourth-order valence-electron chi connectivity index (χ4n) is 1.13. The van der Waals surface area contributed by atoms with Crippen molar-refractivity contribution in [3.8, 4) is 0 Å². The highest BCUT2D eigenvalue weighted by atomic mass is 32.2. The van der Waals surface area contributed by atoms with E-state index in [2.05, 4.69) is 12.2 Å². The summed E-state index contributed by atoms with van der Waals surface area (Å²) >= 11 is 4.52. The normalized spacial score (nSPS) is 11.1. The minimum absolute atomic E-state index is 0.0289. The predicted molar refractivity (Wildman–Crippen MR) is 65.4 cm³/mol. The van der Waals surface area contributed by atoms with Gasteiger partial charge in [-0.15, -0.1) is 0 Å². The first-order valence-electron chi connectivity index (χ1n) is 4.34. The molecule has 1 aromatic rings. The maximum atomic E-state index is 13.3. The molecule has 0 heterocycles. The molecule has 0 aliphatic rings. The van der Waals surface area contributed by atoms with Crippen LogP contribution in [0.2, 0.25) is 0 Å². The fourth-order valence-corrected chi connectivity index (χ4v) is 2.58. The molecular formula is C9H11FN2O2S2. The molecule has 88 valence electrons. The molecule has 1 rings (SSSR count). The van der Waals surface area contributed by atoms with Gasteiger partial charge in [0.2, 0.25) is 10.0 Å². The molecule has 0 saturated heterocycles. The van der Waals surface area contributed by atoms with Gasteiger partial charge >= 0.3 is 0 Å². The Kier molecular flexibility index (Phi) is 3.82. The van der Waals surface area contributed by atoms with Gasteiger partial charge in [0, 0.05) is 7.05 Å². The number of hydrogen-bond acceptors (Lipinski definition) is 3. The number of para-hydroxylation sites is 1. The summed E-state index contributed by atoms with van der Waals surface area (Å²) in [4.78, 5) is -0.150. The van der Waals surface area contributed by atoms with Gasteiger partial charge in [-0.2, -0.15) is 0 Å². The van der Waals surface area contributed by atoms with Crippen LogP contribution in [0.5, 0.6) is 0 Å². The molecule has 0 aromatic heterocycles. The summed E-state index contributed by atoms with van der Waals surface area (Å²) in [5.41, 5.74) is 5.14. The quantitative estimate of drug-likeness (QED) is 0.818. The summed E-state index contributed by atoms with van der Waals surface area (Å²) < 4.78 is 37.5. The molecule has 16 heavy (non-hydrogen) atoms. The molecule has 0 aliphatic carbocycles. The zero-order chi connectivity index (χ0) is 12.3. The Hall–Kier alpha value is -1.21. The van der Waals surface area contributed by atoms with Gasteiger partial charge in [0.05, 0.1) is 10.7 Å². The van der Waals surface area contributed by atoms with Crippen molar-refractivity contribution in [1.29, 1.82) is 0 Å². The van der Waals surface area contributed by atoms with Crippen LogP contribution >= 0.6 is 12.2 Å². The lowest BCUT2D eigenvalue weighted by Crippen LogP contribution is -2.34. The smallest absolute Gasteiger partial charge is 0.241 e. The highest BCUT2D eigenvalue weighted by molar-refractivity contribution is 7.95. The minimum atomic E-state index is -3.71. The molecular weight excluding hydrogens is 251 g/mol. The largest absolute Gasteiger partial charge is 0.392 e. The zero-order valence-electron chi connectivity index (χ0n) is 8.55. The number of thiocarbonyl (C=S) groups is 1. The predicted octanol–water partition coefficient (Wildman–Crippen LogP) is 0.878. The van der Waals surface area contributed by atoms with Crippen LogP contribution in [0.4, 0.5) is 10.1 Å². The number of sulfonamides is 1. The van der Waals surface area contributed by atoms with Crippen molar-refractivity contribution in [2.24, 2.45) is 5.73 Å². The lowest BCUT2D eigenvalue weighted by atomic mass is 10.3. The Labute approximate surface area is 98.9 Å². The van der Waals surface area contributed by atoms with Gasteiger partial charge in [0.15, 0.2) is 0 Å². The van der Waals surface area contributed by atoms with Crippen molar-refractivity contribution >= 4 is 32.9 Å². The van der Waals surface area contributed by atoms with Crippen LogP contribution < -0.4 is 10.0 Å². The number of nitrogens with two attached hydrogens (primary N) is 1. The number of anilines is 1. The Morgan fingerprint density at radius 1 is 1.50 bits per heavy atom. The minimum Gasteiger partial charge on any atom is -0.392 e. The third kappa shape index (κ3) is 2.89. The van der Waals surface area contributed by atoms with E-state index in [0.717, 1.165) is 4.31 Å². The van der Waals surface area contributed by atoms with Crippen molar-refractivity contribution in [1.82, 2.24) is 0 Å². The van der Waals surface area contributed by atoms with Crippen LogP contribution in [-0.4, -0.2) is 26.2 Å². The number of halogens is 1. The van der Waals surface area contributed by atoms with Gasteiger partial charge in [-0.25, -0.2) is 12.8 Å². The molecule has 0 atom stereocenters. The van der Waals surface area contributed by atoms with Crippen LogP contribution in [0.25, 0.3) is 0 Å². The molecule has 0 spiro atoms. The summed E-state index contributed by atoms with van der Waals surface area (Å²) in [6.07, 6.45) is 0. The van der Waals surface area contributed by atoms with E-state index in [4.69, 9.17) is 5.73 Å². The molecule has 0 fully saturated rings. The van der Waals surface area contributed by atoms with Crippen LogP contribution in [0.3, 0.4) is 0 Å². The van der Waals surface area contributed by atoms with E-state index in [0.29, 0.717) is 0 Å². The molecule has 0 saturated carbocycles. The van der Waals surface area contributed by atoms with Crippen molar-refractivity contribution in [2.45, 2.75) is 0 Å². The van der Waals surface area contributed by atoms with E-state index in [1.165, 1.54) is 25.2 Å². The first-order valence-corrected chi connectivity index (χ1v) is 6.36. The van der Waals surface area contributed by atoms with Gasteiger partial charge in [0.25, 0.3) is 0 Å². The summed E-state index contributed by atoms with van der Waals surface area (Å²) in [6.45, 7) is 0. The van der Waals surface area contributed by atoms with Crippen molar-refractivity contribution in [3.05, 3.63) is 30.1 Å². The Balaban J connectivity index is 3.07. The first-order chi connectivity index (χ1) is 7.34. The van der Waals surface area contributed by atoms with Gasteiger partial charge < -0.3 is 5.73 Å². The average Bonchev–Trinajstić information content (AvgIpc) is 2.15. The van der Waals surface area contributed by atoms with Gasteiger partial charge in [-0.1, -0.05) is 24.4 Å². The summed E-state index contributed by atoms with van der Waals surface area (Å²) in [5.74, 6) is -1.09.